The highest BCUT2D eigenvalue weighted by atomic mass is 16.6. The van der Waals surface area contributed by atoms with Crippen LogP contribution in [0.3, 0.4) is 0 Å². The minimum absolute atomic E-state index is 0.0176. The fourth-order valence-corrected chi connectivity index (χ4v) is 2.94. The monoisotopic (exact) mass is 321 g/mol. The van der Waals surface area contributed by atoms with Crippen molar-refractivity contribution in [2.45, 2.75) is 32.0 Å². The molecule has 1 aromatic rings. The van der Waals surface area contributed by atoms with Crippen molar-refractivity contribution >= 4 is 17.5 Å². The highest BCUT2D eigenvalue weighted by Crippen LogP contribution is 2.38. The van der Waals surface area contributed by atoms with Gasteiger partial charge in [-0.25, -0.2) is 9.78 Å². The molecule has 1 aliphatic carbocycles. The Kier molecular flexibility index (Phi) is 4.16. The van der Waals surface area contributed by atoms with Gasteiger partial charge in [-0.1, -0.05) is 0 Å². The zero-order valence-corrected chi connectivity index (χ0v) is 13.1. The smallest absolute Gasteiger partial charge is 0.339 e. The predicted molar refractivity (Wildman–Crippen MR) is 81.5 cm³/mol. The zero-order valence-electron chi connectivity index (χ0n) is 13.1. The highest BCUT2D eigenvalue weighted by molar-refractivity contribution is 5.90. The topological polar surface area (TPSA) is 94.8 Å². The molecule has 2 fully saturated rings. The maximum Gasteiger partial charge on any atom is 0.339 e. The van der Waals surface area contributed by atoms with Crippen LogP contribution in [0.25, 0.3) is 0 Å². The average molecular weight is 321 g/mol. The Morgan fingerprint density at radius 1 is 1.48 bits per heavy atom. The lowest BCUT2D eigenvalue weighted by atomic mass is 10.1. The second-order valence-electron chi connectivity index (χ2n) is 6.04. The van der Waals surface area contributed by atoms with E-state index < -0.39 is 10.9 Å². The normalized spacial score (nSPS) is 24.3. The van der Waals surface area contributed by atoms with Gasteiger partial charge < -0.3 is 14.4 Å². The molecule has 1 aliphatic heterocycles. The number of ether oxygens (including phenoxy) is 2. The van der Waals surface area contributed by atoms with Crippen molar-refractivity contribution in [2.75, 3.05) is 25.1 Å². The number of anilines is 1. The SMILES string of the molecule is COC(=O)c1cnc(N2CC(C)OC(C3CC3)C2)c([N+](=O)[O-])c1. The maximum absolute atomic E-state index is 11.6. The molecule has 0 aromatic carbocycles. The minimum Gasteiger partial charge on any atom is -0.465 e. The van der Waals surface area contributed by atoms with Crippen LogP contribution < -0.4 is 4.90 Å². The number of hydrogen-bond acceptors (Lipinski definition) is 7. The predicted octanol–water partition coefficient (Wildman–Crippen LogP) is 1.78. The molecule has 1 saturated heterocycles. The standard InChI is InChI=1S/C15H19N3O5/c1-9-7-17(8-13(23-9)10-3-4-10)14-12(18(20)21)5-11(6-16-14)15(19)22-2/h5-6,9-10,13H,3-4,7-8H2,1-2H3. The number of esters is 1. The van der Waals surface area contributed by atoms with E-state index in [1.54, 1.807) is 0 Å². The van der Waals surface area contributed by atoms with Crippen LogP contribution in [0.5, 0.6) is 0 Å². The largest absolute Gasteiger partial charge is 0.465 e. The summed E-state index contributed by atoms with van der Waals surface area (Å²) in [6.07, 6.45) is 3.67. The second-order valence-corrected chi connectivity index (χ2v) is 6.04. The number of pyridine rings is 1. The van der Waals surface area contributed by atoms with Gasteiger partial charge in [0.25, 0.3) is 0 Å². The third kappa shape index (κ3) is 3.26. The van der Waals surface area contributed by atoms with Gasteiger partial charge in [0.1, 0.15) is 0 Å². The second kappa shape index (κ2) is 6.11. The molecule has 2 unspecified atom stereocenters. The summed E-state index contributed by atoms with van der Waals surface area (Å²) >= 11 is 0. The summed E-state index contributed by atoms with van der Waals surface area (Å²) in [5.41, 5.74) is -0.112. The molecule has 0 amide bonds. The number of carbonyl (C=O) groups is 1. The Labute approximate surface area is 133 Å². The number of carbonyl (C=O) groups excluding carboxylic acids is 1. The van der Waals surface area contributed by atoms with Crippen LogP contribution >= 0.6 is 0 Å². The lowest BCUT2D eigenvalue weighted by Crippen LogP contribution is -2.48. The molecule has 8 nitrogen and oxygen atoms in total. The van der Waals surface area contributed by atoms with E-state index in [1.807, 2.05) is 11.8 Å². The highest BCUT2D eigenvalue weighted by Gasteiger charge is 2.39. The quantitative estimate of drug-likeness (QED) is 0.474. The summed E-state index contributed by atoms with van der Waals surface area (Å²) in [5, 5.41) is 11.4. The van der Waals surface area contributed by atoms with E-state index in [2.05, 4.69) is 9.72 Å². The van der Waals surface area contributed by atoms with E-state index >= 15 is 0 Å². The summed E-state index contributed by atoms with van der Waals surface area (Å²) in [7, 11) is 1.23. The first kappa shape index (κ1) is 15.7. The van der Waals surface area contributed by atoms with Crippen molar-refractivity contribution in [1.82, 2.24) is 4.98 Å². The molecule has 0 bridgehead atoms. The van der Waals surface area contributed by atoms with Crippen molar-refractivity contribution in [1.29, 1.82) is 0 Å². The first-order valence-corrected chi connectivity index (χ1v) is 7.62. The number of rotatable bonds is 4. The maximum atomic E-state index is 11.6. The molecule has 2 heterocycles. The number of morpholine rings is 1. The summed E-state index contributed by atoms with van der Waals surface area (Å²) in [6, 6.07) is 1.22. The first-order valence-electron chi connectivity index (χ1n) is 7.62. The molecule has 2 aliphatic rings. The minimum atomic E-state index is -0.640. The molecular formula is C15H19N3O5. The zero-order chi connectivity index (χ0) is 16.6. The number of methoxy groups -OCH3 is 1. The van der Waals surface area contributed by atoms with Crippen molar-refractivity contribution in [3.8, 4) is 0 Å². The van der Waals surface area contributed by atoms with E-state index in [0.717, 1.165) is 12.8 Å². The molecule has 0 N–H and O–H groups in total. The molecular weight excluding hydrogens is 302 g/mol. The van der Waals surface area contributed by atoms with Crippen molar-refractivity contribution in [3.63, 3.8) is 0 Å². The van der Waals surface area contributed by atoms with Crippen LogP contribution in [0.15, 0.2) is 12.3 Å². The van der Waals surface area contributed by atoms with Crippen LogP contribution in [0.2, 0.25) is 0 Å². The molecule has 0 spiro atoms. The van der Waals surface area contributed by atoms with Gasteiger partial charge in [0.2, 0.25) is 5.82 Å². The van der Waals surface area contributed by atoms with Crippen molar-refractivity contribution in [2.24, 2.45) is 5.92 Å². The molecule has 1 aromatic heterocycles. The van der Waals surface area contributed by atoms with Crippen LogP contribution in [0, 0.1) is 16.0 Å². The van der Waals surface area contributed by atoms with Crippen LogP contribution in [0.4, 0.5) is 11.5 Å². The van der Waals surface area contributed by atoms with Gasteiger partial charge in [-0.2, -0.15) is 0 Å². The van der Waals surface area contributed by atoms with Crippen molar-refractivity contribution in [3.05, 3.63) is 27.9 Å². The molecule has 8 heteroatoms. The van der Waals surface area contributed by atoms with Gasteiger partial charge in [0, 0.05) is 25.4 Å². The van der Waals surface area contributed by atoms with Gasteiger partial charge in [0.05, 0.1) is 29.8 Å². The molecule has 1 saturated carbocycles. The van der Waals surface area contributed by atoms with Crippen LogP contribution in [-0.4, -0.2) is 48.3 Å². The summed E-state index contributed by atoms with van der Waals surface area (Å²) < 4.78 is 10.5. The van der Waals surface area contributed by atoms with E-state index in [1.165, 1.54) is 19.4 Å². The van der Waals surface area contributed by atoms with Gasteiger partial charge in [-0.15, -0.1) is 0 Å². The molecule has 23 heavy (non-hydrogen) atoms. The fourth-order valence-electron chi connectivity index (χ4n) is 2.94. The fraction of sp³-hybridized carbons (Fsp3) is 0.600. The first-order chi connectivity index (χ1) is 11.0. The molecule has 124 valence electrons. The Hall–Kier alpha value is -2.22. The van der Waals surface area contributed by atoms with Gasteiger partial charge in [0.15, 0.2) is 0 Å². The average Bonchev–Trinajstić information content (AvgIpc) is 3.37. The van der Waals surface area contributed by atoms with E-state index in [0.29, 0.717) is 19.0 Å². The molecule has 2 atom stereocenters. The van der Waals surface area contributed by atoms with Gasteiger partial charge >= 0.3 is 11.7 Å². The number of aromatic nitrogens is 1. The lowest BCUT2D eigenvalue weighted by molar-refractivity contribution is -0.384. The summed E-state index contributed by atoms with van der Waals surface area (Å²) in [5.74, 6) is 0.176. The van der Waals surface area contributed by atoms with Crippen molar-refractivity contribution < 1.29 is 19.2 Å². The number of nitrogens with zero attached hydrogens (tertiary/aromatic N) is 3. The Balaban J connectivity index is 1.91. The summed E-state index contributed by atoms with van der Waals surface area (Å²) in [4.78, 5) is 28.5. The lowest BCUT2D eigenvalue weighted by Gasteiger charge is -2.37. The number of nitro groups is 1. The van der Waals surface area contributed by atoms with E-state index in [-0.39, 0.29) is 29.3 Å². The van der Waals surface area contributed by atoms with E-state index in [4.69, 9.17) is 4.74 Å². The van der Waals surface area contributed by atoms with Crippen LogP contribution in [-0.2, 0) is 9.47 Å². The van der Waals surface area contributed by atoms with Crippen LogP contribution in [0.1, 0.15) is 30.1 Å². The van der Waals surface area contributed by atoms with E-state index in [9.17, 15) is 14.9 Å². The van der Waals surface area contributed by atoms with Gasteiger partial charge in [-0.3, -0.25) is 10.1 Å². The molecule has 3 rings (SSSR count). The Morgan fingerprint density at radius 2 is 2.22 bits per heavy atom. The van der Waals surface area contributed by atoms with Gasteiger partial charge in [-0.05, 0) is 25.7 Å². The Morgan fingerprint density at radius 3 is 2.83 bits per heavy atom. The summed E-state index contributed by atoms with van der Waals surface area (Å²) in [6.45, 7) is 3.07. The third-order valence-electron chi connectivity index (χ3n) is 4.20. The third-order valence-corrected chi connectivity index (χ3v) is 4.20. The Bertz CT molecular complexity index is 632. The number of hydrogen-bond donors (Lipinski definition) is 0. The molecule has 0 radical (unpaired) electrons.